The second kappa shape index (κ2) is 7.10. The summed E-state index contributed by atoms with van der Waals surface area (Å²) in [6, 6.07) is 6.10. The van der Waals surface area contributed by atoms with E-state index < -0.39 is 0 Å². The first kappa shape index (κ1) is 14.6. The SMILES string of the molecule is CCNCc1ccc(N2CCOCC2CO)cc1Cl. The van der Waals surface area contributed by atoms with Gasteiger partial charge in [0.25, 0.3) is 0 Å². The molecule has 2 N–H and O–H groups in total. The van der Waals surface area contributed by atoms with Crippen LogP contribution in [0, 0.1) is 0 Å². The van der Waals surface area contributed by atoms with Crippen LogP contribution in [0.25, 0.3) is 0 Å². The Morgan fingerprint density at radius 3 is 3.05 bits per heavy atom. The molecule has 2 rings (SSSR count). The molecule has 1 aliphatic rings. The number of benzene rings is 1. The normalized spacial score (nSPS) is 19.7. The molecule has 1 unspecified atom stereocenters. The Kier molecular flexibility index (Phi) is 5.45. The summed E-state index contributed by atoms with van der Waals surface area (Å²) in [7, 11) is 0. The maximum absolute atomic E-state index is 9.40. The highest BCUT2D eigenvalue weighted by atomic mass is 35.5. The van der Waals surface area contributed by atoms with Crippen molar-refractivity contribution in [3.05, 3.63) is 28.8 Å². The zero-order valence-corrected chi connectivity index (χ0v) is 12.0. The smallest absolute Gasteiger partial charge is 0.0755 e. The van der Waals surface area contributed by atoms with Crippen LogP contribution in [0.15, 0.2) is 18.2 Å². The minimum atomic E-state index is 0.0180. The first-order chi connectivity index (χ1) is 9.26. The minimum Gasteiger partial charge on any atom is -0.394 e. The van der Waals surface area contributed by atoms with Gasteiger partial charge in [-0.05, 0) is 24.2 Å². The fraction of sp³-hybridized carbons (Fsp3) is 0.571. The highest BCUT2D eigenvalue weighted by molar-refractivity contribution is 6.31. The van der Waals surface area contributed by atoms with E-state index in [0.717, 1.165) is 35.9 Å². The van der Waals surface area contributed by atoms with Crippen molar-refractivity contribution in [1.29, 1.82) is 0 Å². The van der Waals surface area contributed by atoms with Crippen LogP contribution in [0.4, 0.5) is 5.69 Å². The van der Waals surface area contributed by atoms with Crippen molar-refractivity contribution < 1.29 is 9.84 Å². The van der Waals surface area contributed by atoms with Crippen molar-refractivity contribution in [3.8, 4) is 0 Å². The lowest BCUT2D eigenvalue weighted by atomic mass is 10.1. The lowest BCUT2D eigenvalue weighted by Crippen LogP contribution is -2.47. The van der Waals surface area contributed by atoms with Crippen LogP contribution in [-0.4, -0.2) is 44.1 Å². The van der Waals surface area contributed by atoms with Gasteiger partial charge in [-0.1, -0.05) is 24.6 Å². The maximum Gasteiger partial charge on any atom is 0.0755 e. The first-order valence-corrected chi connectivity index (χ1v) is 7.08. The third-order valence-corrected chi connectivity index (χ3v) is 3.72. The van der Waals surface area contributed by atoms with Gasteiger partial charge in [-0.2, -0.15) is 0 Å². The van der Waals surface area contributed by atoms with Crippen molar-refractivity contribution in [2.24, 2.45) is 0 Å². The maximum atomic E-state index is 9.40. The van der Waals surface area contributed by atoms with E-state index in [2.05, 4.69) is 23.2 Å². The summed E-state index contributed by atoms with van der Waals surface area (Å²) in [6.45, 7) is 5.91. The summed E-state index contributed by atoms with van der Waals surface area (Å²) in [5.41, 5.74) is 2.15. The van der Waals surface area contributed by atoms with Crippen LogP contribution in [0.1, 0.15) is 12.5 Å². The molecule has 1 saturated heterocycles. The number of hydrogen-bond acceptors (Lipinski definition) is 4. The quantitative estimate of drug-likeness (QED) is 0.863. The van der Waals surface area contributed by atoms with E-state index in [-0.39, 0.29) is 12.6 Å². The molecule has 0 amide bonds. The molecule has 0 radical (unpaired) electrons. The van der Waals surface area contributed by atoms with Crippen molar-refractivity contribution in [2.45, 2.75) is 19.5 Å². The van der Waals surface area contributed by atoms with E-state index in [1.165, 1.54) is 0 Å². The summed E-state index contributed by atoms with van der Waals surface area (Å²) in [4.78, 5) is 2.16. The largest absolute Gasteiger partial charge is 0.394 e. The molecule has 1 fully saturated rings. The number of aliphatic hydroxyl groups excluding tert-OH is 1. The molecular formula is C14H21ClN2O2. The molecule has 1 aliphatic heterocycles. The first-order valence-electron chi connectivity index (χ1n) is 6.70. The van der Waals surface area contributed by atoms with Crippen molar-refractivity contribution in [1.82, 2.24) is 5.32 Å². The average Bonchev–Trinajstić information content (AvgIpc) is 2.46. The zero-order valence-electron chi connectivity index (χ0n) is 11.2. The van der Waals surface area contributed by atoms with E-state index >= 15 is 0 Å². The molecule has 1 aromatic rings. The van der Waals surface area contributed by atoms with Crippen molar-refractivity contribution in [2.75, 3.05) is 37.8 Å². The molecular weight excluding hydrogens is 264 g/mol. The topological polar surface area (TPSA) is 44.7 Å². The minimum absolute atomic E-state index is 0.0180. The number of aliphatic hydroxyl groups is 1. The standard InChI is InChI=1S/C14H21ClN2O2/c1-2-16-8-11-3-4-12(7-14(11)15)17-5-6-19-10-13(17)9-18/h3-4,7,13,16,18H,2,5-6,8-10H2,1H3. The summed E-state index contributed by atoms with van der Waals surface area (Å²) in [5, 5.41) is 13.4. The van der Waals surface area contributed by atoms with Gasteiger partial charge in [0.2, 0.25) is 0 Å². The fourth-order valence-electron chi connectivity index (χ4n) is 2.26. The molecule has 4 nitrogen and oxygen atoms in total. The number of nitrogens with zero attached hydrogens (tertiary/aromatic N) is 1. The number of morpholine rings is 1. The average molecular weight is 285 g/mol. The van der Waals surface area contributed by atoms with Gasteiger partial charge < -0.3 is 20.1 Å². The van der Waals surface area contributed by atoms with Crippen LogP contribution >= 0.6 is 11.6 Å². The Hall–Kier alpha value is -0.810. The molecule has 0 bridgehead atoms. The molecule has 0 aliphatic carbocycles. The van der Waals surface area contributed by atoms with Crippen LogP contribution in [0.5, 0.6) is 0 Å². The van der Waals surface area contributed by atoms with Crippen molar-refractivity contribution >= 4 is 17.3 Å². The predicted molar refractivity (Wildman–Crippen MR) is 77.9 cm³/mol. The van der Waals surface area contributed by atoms with E-state index in [9.17, 15) is 5.11 Å². The molecule has 1 heterocycles. The zero-order chi connectivity index (χ0) is 13.7. The van der Waals surface area contributed by atoms with E-state index in [4.69, 9.17) is 16.3 Å². The summed E-state index contributed by atoms with van der Waals surface area (Å²) >= 11 is 6.31. The van der Waals surface area contributed by atoms with Crippen LogP contribution in [0.2, 0.25) is 5.02 Å². The molecule has 1 aromatic carbocycles. The summed E-state index contributed by atoms with van der Waals surface area (Å²) in [5.74, 6) is 0. The number of rotatable bonds is 5. The molecule has 106 valence electrons. The van der Waals surface area contributed by atoms with Gasteiger partial charge in [-0.3, -0.25) is 0 Å². The van der Waals surface area contributed by atoms with Gasteiger partial charge in [0.1, 0.15) is 0 Å². The molecule has 1 atom stereocenters. The highest BCUT2D eigenvalue weighted by Crippen LogP contribution is 2.26. The van der Waals surface area contributed by atoms with Gasteiger partial charge in [-0.25, -0.2) is 0 Å². The predicted octanol–water partition coefficient (Wildman–Crippen LogP) is 1.65. The third-order valence-electron chi connectivity index (χ3n) is 3.37. The molecule has 5 heteroatoms. The Labute approximate surface area is 119 Å². The Morgan fingerprint density at radius 1 is 1.53 bits per heavy atom. The Morgan fingerprint density at radius 2 is 2.37 bits per heavy atom. The molecule has 0 aromatic heterocycles. The summed E-state index contributed by atoms with van der Waals surface area (Å²) in [6.07, 6.45) is 0. The monoisotopic (exact) mass is 284 g/mol. The number of ether oxygens (including phenoxy) is 1. The molecule has 19 heavy (non-hydrogen) atoms. The van der Waals surface area contributed by atoms with Gasteiger partial charge in [0, 0.05) is 23.8 Å². The van der Waals surface area contributed by atoms with Crippen LogP contribution in [0.3, 0.4) is 0 Å². The lowest BCUT2D eigenvalue weighted by molar-refractivity contribution is 0.0727. The highest BCUT2D eigenvalue weighted by Gasteiger charge is 2.22. The Balaban J connectivity index is 2.13. The fourth-order valence-corrected chi connectivity index (χ4v) is 2.51. The van der Waals surface area contributed by atoms with Gasteiger partial charge in [-0.15, -0.1) is 0 Å². The Bertz CT molecular complexity index is 414. The summed E-state index contributed by atoms with van der Waals surface area (Å²) < 4.78 is 5.39. The lowest BCUT2D eigenvalue weighted by Gasteiger charge is -2.36. The van der Waals surface area contributed by atoms with E-state index in [1.54, 1.807) is 0 Å². The second-order valence-electron chi connectivity index (χ2n) is 4.66. The second-order valence-corrected chi connectivity index (χ2v) is 5.07. The van der Waals surface area contributed by atoms with Crippen molar-refractivity contribution in [3.63, 3.8) is 0 Å². The third kappa shape index (κ3) is 3.60. The molecule has 0 saturated carbocycles. The van der Waals surface area contributed by atoms with E-state index in [0.29, 0.717) is 13.2 Å². The number of halogens is 1. The number of anilines is 1. The van der Waals surface area contributed by atoms with E-state index in [1.807, 2.05) is 12.1 Å². The molecule has 0 spiro atoms. The van der Waals surface area contributed by atoms with Gasteiger partial charge in [0.15, 0.2) is 0 Å². The van der Waals surface area contributed by atoms with Crippen LogP contribution < -0.4 is 10.2 Å². The number of hydrogen-bond donors (Lipinski definition) is 2. The number of nitrogens with one attached hydrogen (secondary N) is 1. The van der Waals surface area contributed by atoms with Crippen LogP contribution in [-0.2, 0) is 11.3 Å². The van der Waals surface area contributed by atoms with Gasteiger partial charge in [0.05, 0.1) is 25.9 Å². The van der Waals surface area contributed by atoms with Gasteiger partial charge >= 0.3 is 0 Å².